The van der Waals surface area contributed by atoms with Gasteiger partial charge in [0.15, 0.2) is 0 Å². The lowest BCUT2D eigenvalue weighted by atomic mass is 10.2. The summed E-state index contributed by atoms with van der Waals surface area (Å²) < 4.78 is 22.2. The van der Waals surface area contributed by atoms with Gasteiger partial charge in [-0.15, -0.1) is 0 Å². The number of hydrogen-bond donors (Lipinski definition) is 1. The minimum absolute atomic E-state index is 0.160. The van der Waals surface area contributed by atoms with E-state index in [2.05, 4.69) is 0 Å². The average molecular weight is 305 g/mol. The maximum absolute atomic E-state index is 11.2. The van der Waals surface area contributed by atoms with Gasteiger partial charge in [0, 0.05) is 6.16 Å². The highest BCUT2D eigenvalue weighted by molar-refractivity contribution is 7.59. The van der Waals surface area contributed by atoms with Gasteiger partial charge < -0.3 is 4.89 Å². The molecule has 1 N–H and O–H groups in total. The van der Waals surface area contributed by atoms with Crippen LogP contribution in [0.5, 0.6) is 0 Å². The van der Waals surface area contributed by atoms with Gasteiger partial charge in [0.25, 0.3) is 0 Å². The Kier molecular flexibility index (Phi) is 8.41. The molecule has 7 heteroatoms. The lowest BCUT2D eigenvalue weighted by molar-refractivity contribution is 0.457. The van der Waals surface area contributed by atoms with Crippen LogP contribution in [0.2, 0.25) is 0 Å². The van der Waals surface area contributed by atoms with Gasteiger partial charge in [-0.2, -0.15) is 10.5 Å². The summed E-state index contributed by atoms with van der Waals surface area (Å²) in [5.41, 5.74) is 0. The normalized spacial score (nSPS) is 15.1. The summed E-state index contributed by atoms with van der Waals surface area (Å²) in [7, 11) is -4.57. The summed E-state index contributed by atoms with van der Waals surface area (Å²) in [4.78, 5) is 9.18. The summed E-state index contributed by atoms with van der Waals surface area (Å²) in [5.74, 6) is 0. The van der Waals surface area contributed by atoms with Crippen molar-refractivity contribution in [2.75, 3.05) is 12.3 Å². The summed E-state index contributed by atoms with van der Waals surface area (Å²) >= 11 is 0. The van der Waals surface area contributed by atoms with E-state index in [0.717, 1.165) is 0 Å². The van der Waals surface area contributed by atoms with Crippen molar-refractivity contribution in [2.45, 2.75) is 51.9 Å². The molecule has 0 fully saturated rings. The van der Waals surface area contributed by atoms with Crippen LogP contribution in [0.1, 0.15) is 41.5 Å². The molecule has 5 nitrogen and oxygen atoms in total. The highest BCUT2D eigenvalue weighted by atomic mass is 31.2. The smallest absolute Gasteiger partial charge is 0.343 e. The molecule has 0 bridgehead atoms. The maximum atomic E-state index is 11.2. The Labute approximate surface area is 116 Å². The topological polar surface area (TPSA) is 102 Å². The van der Waals surface area contributed by atoms with E-state index in [1.807, 2.05) is 19.1 Å². The molecule has 0 saturated heterocycles. The Morgan fingerprint density at radius 2 is 1.58 bits per heavy atom. The Balaban J connectivity index is 0. The second kappa shape index (κ2) is 7.76. The van der Waals surface area contributed by atoms with Gasteiger partial charge in [0.2, 0.25) is 12.5 Å². The van der Waals surface area contributed by atoms with E-state index >= 15 is 0 Å². The predicted octanol–water partition coefficient (Wildman–Crippen LogP) is 3.71. The third-order valence-corrected chi connectivity index (χ3v) is 7.39. The molecule has 0 amide bonds. The Bertz CT molecular complexity index is 445. The lowest BCUT2D eigenvalue weighted by Crippen LogP contribution is -2.18. The van der Waals surface area contributed by atoms with Crippen LogP contribution in [0.3, 0.4) is 0 Å². The van der Waals surface area contributed by atoms with Gasteiger partial charge in [-0.25, -0.2) is 0 Å². The van der Waals surface area contributed by atoms with Crippen LogP contribution in [0.4, 0.5) is 0 Å². The standard InChI is InChI=1S/C6H12NO2P.C6H11NOP/c1-4-10(8,9)6(2,3)5-7;1-4-9(8)6(2,3)5-7/h4H2,1-3H3,(H,8,9);4H2,1-3H3/q;+1. The van der Waals surface area contributed by atoms with Crippen molar-refractivity contribution in [3.63, 3.8) is 0 Å². The molecule has 0 aromatic carbocycles. The molecule has 0 aliphatic rings. The van der Waals surface area contributed by atoms with Gasteiger partial charge in [0.1, 0.15) is 17.4 Å². The zero-order chi connectivity index (χ0) is 15.9. The molecule has 0 aromatic heterocycles. The average Bonchev–Trinajstić information content (AvgIpc) is 2.37. The van der Waals surface area contributed by atoms with Crippen LogP contribution < -0.4 is 0 Å². The molecule has 0 rings (SSSR count). The van der Waals surface area contributed by atoms with Crippen LogP contribution in [-0.4, -0.2) is 27.5 Å². The molecular weight excluding hydrogens is 282 g/mol. The van der Waals surface area contributed by atoms with E-state index in [4.69, 9.17) is 10.5 Å². The molecule has 0 saturated carbocycles. The van der Waals surface area contributed by atoms with Crippen LogP contribution in [0.15, 0.2) is 0 Å². The number of rotatable bonds is 4. The third kappa shape index (κ3) is 6.31. The van der Waals surface area contributed by atoms with Crippen molar-refractivity contribution in [1.29, 1.82) is 10.5 Å². The molecule has 0 aliphatic carbocycles. The Morgan fingerprint density at radius 1 is 1.16 bits per heavy atom. The summed E-state index contributed by atoms with van der Waals surface area (Å²) in [6.07, 6.45) is 0.753. The Hall–Kier alpha value is -0.730. The van der Waals surface area contributed by atoms with Crippen molar-refractivity contribution in [3.8, 4) is 12.1 Å². The van der Waals surface area contributed by atoms with E-state index in [-0.39, 0.29) is 6.16 Å². The number of nitriles is 2. The van der Waals surface area contributed by atoms with Gasteiger partial charge in [0.05, 0.1) is 6.07 Å². The molecule has 2 atom stereocenters. The molecule has 0 radical (unpaired) electrons. The van der Waals surface area contributed by atoms with Crippen LogP contribution in [-0.2, 0) is 9.13 Å². The molecular formula is C12H23N2O3P2+. The van der Waals surface area contributed by atoms with Crippen molar-refractivity contribution in [1.82, 2.24) is 0 Å². The first-order chi connectivity index (χ1) is 8.41. The van der Waals surface area contributed by atoms with Crippen LogP contribution in [0.25, 0.3) is 0 Å². The molecule has 0 spiro atoms. The summed E-state index contributed by atoms with van der Waals surface area (Å²) in [6, 6.07) is 3.83. The highest BCUT2D eigenvalue weighted by Crippen LogP contribution is 2.53. The van der Waals surface area contributed by atoms with E-state index in [9.17, 15) is 14.0 Å². The molecule has 2 unspecified atom stereocenters. The molecule has 0 aromatic rings. The molecule has 0 aliphatic heterocycles. The monoisotopic (exact) mass is 305 g/mol. The molecule has 108 valence electrons. The fourth-order valence-electron chi connectivity index (χ4n) is 0.924. The highest BCUT2D eigenvalue weighted by Gasteiger charge is 2.37. The fraction of sp³-hybridized carbons (Fsp3) is 0.833. The first-order valence-electron chi connectivity index (χ1n) is 6.01. The maximum Gasteiger partial charge on any atom is 0.359 e. The van der Waals surface area contributed by atoms with Crippen molar-refractivity contribution < 1.29 is 14.0 Å². The zero-order valence-corrected chi connectivity index (χ0v) is 14.3. The lowest BCUT2D eigenvalue weighted by Gasteiger charge is -2.21. The summed E-state index contributed by atoms with van der Waals surface area (Å²) in [6.45, 7) is 9.82. The molecule has 0 heterocycles. The summed E-state index contributed by atoms with van der Waals surface area (Å²) in [5, 5.41) is 15.2. The quantitative estimate of drug-likeness (QED) is 0.797. The second-order valence-corrected chi connectivity index (χ2v) is 10.7. The van der Waals surface area contributed by atoms with Crippen LogP contribution in [0, 0.1) is 22.7 Å². The SMILES string of the molecule is CCP(=O)(O)C(C)(C)C#N.CC[P+](=O)C(C)(C)C#N. The van der Waals surface area contributed by atoms with Crippen LogP contribution >= 0.6 is 15.2 Å². The number of nitrogens with zero attached hydrogens (tertiary/aromatic N) is 2. The molecule has 19 heavy (non-hydrogen) atoms. The largest absolute Gasteiger partial charge is 0.359 e. The minimum Gasteiger partial charge on any atom is -0.343 e. The Morgan fingerprint density at radius 3 is 1.68 bits per heavy atom. The van der Waals surface area contributed by atoms with Gasteiger partial charge >= 0.3 is 7.80 Å². The van der Waals surface area contributed by atoms with Crippen molar-refractivity contribution >= 4 is 15.2 Å². The third-order valence-electron chi connectivity index (χ3n) is 2.76. The predicted molar refractivity (Wildman–Crippen MR) is 77.9 cm³/mol. The van der Waals surface area contributed by atoms with Gasteiger partial charge in [-0.05, 0) is 34.6 Å². The minimum atomic E-state index is -3.24. The van der Waals surface area contributed by atoms with Crippen molar-refractivity contribution in [3.05, 3.63) is 0 Å². The fourth-order valence-corrected chi connectivity index (χ4v) is 2.77. The first-order valence-corrected chi connectivity index (χ1v) is 9.30. The zero-order valence-electron chi connectivity index (χ0n) is 12.5. The van der Waals surface area contributed by atoms with Gasteiger partial charge in [-0.1, -0.05) is 11.5 Å². The first kappa shape index (κ1) is 20.6. The van der Waals surface area contributed by atoms with E-state index in [0.29, 0.717) is 6.16 Å². The second-order valence-electron chi connectivity index (χ2n) is 5.05. The van der Waals surface area contributed by atoms with Gasteiger partial charge in [-0.3, -0.25) is 4.57 Å². The van der Waals surface area contributed by atoms with E-state index < -0.39 is 25.5 Å². The number of hydrogen-bond acceptors (Lipinski definition) is 4. The van der Waals surface area contributed by atoms with Crippen molar-refractivity contribution in [2.24, 2.45) is 0 Å². The van der Waals surface area contributed by atoms with E-state index in [1.54, 1.807) is 20.8 Å². The van der Waals surface area contributed by atoms with E-state index in [1.165, 1.54) is 13.8 Å².